The average molecular weight is 564 g/mol. The summed E-state index contributed by atoms with van der Waals surface area (Å²) in [5, 5.41) is 7.07. The lowest BCUT2D eigenvalue weighted by molar-refractivity contribution is 0.136. The van der Waals surface area contributed by atoms with Crippen LogP contribution in [0.2, 0.25) is 0 Å². The fraction of sp³-hybridized carbons (Fsp3) is 0.519. The van der Waals surface area contributed by atoms with Gasteiger partial charge in [-0.3, -0.25) is 4.99 Å². The molecule has 182 valence electrons. The molecule has 3 rings (SSSR count). The Kier molecular flexibility index (Phi) is 13.4. The zero-order chi connectivity index (χ0) is 22.4. The summed E-state index contributed by atoms with van der Waals surface area (Å²) in [5.41, 5.74) is 2.73. The van der Waals surface area contributed by atoms with Gasteiger partial charge in [-0.15, -0.1) is 24.0 Å². The Labute approximate surface area is 218 Å². The summed E-state index contributed by atoms with van der Waals surface area (Å²) < 4.78 is 0. The normalized spacial score (nSPS) is 16.1. The summed E-state index contributed by atoms with van der Waals surface area (Å²) in [6.45, 7) is 11.3. The number of hydrogen-bond donors (Lipinski definition) is 2. The van der Waals surface area contributed by atoms with Crippen LogP contribution in [0.1, 0.15) is 36.8 Å². The van der Waals surface area contributed by atoms with Crippen LogP contribution in [0.15, 0.2) is 65.7 Å². The molecular formula is C27H42IN5. The van der Waals surface area contributed by atoms with E-state index in [2.05, 4.69) is 93.0 Å². The van der Waals surface area contributed by atoms with E-state index in [1.54, 1.807) is 0 Å². The quantitative estimate of drug-likeness (QED) is 0.186. The highest BCUT2D eigenvalue weighted by molar-refractivity contribution is 14.0. The summed E-state index contributed by atoms with van der Waals surface area (Å²) in [4.78, 5) is 9.58. The number of aliphatic imine (C=N–C) groups is 1. The molecule has 5 nitrogen and oxygen atoms in total. The maximum Gasteiger partial charge on any atom is 0.190 e. The summed E-state index contributed by atoms with van der Waals surface area (Å²) >= 11 is 0. The van der Waals surface area contributed by atoms with Gasteiger partial charge in [0.15, 0.2) is 5.96 Å². The highest BCUT2D eigenvalue weighted by Gasteiger charge is 2.15. The number of benzene rings is 2. The van der Waals surface area contributed by atoms with E-state index in [4.69, 9.17) is 0 Å². The van der Waals surface area contributed by atoms with Crippen molar-refractivity contribution in [1.82, 2.24) is 20.4 Å². The Hall–Kier alpha value is -1.64. The molecule has 1 saturated heterocycles. The van der Waals surface area contributed by atoms with Crippen LogP contribution in [0.5, 0.6) is 0 Å². The van der Waals surface area contributed by atoms with Gasteiger partial charge in [-0.2, -0.15) is 0 Å². The maximum atomic E-state index is 4.44. The standard InChI is InChI=1S/C27H41N5.HI/c1-3-31-18-20-32(21-19-31)17-11-10-16-29-27(28-2)30-23-26(25-14-8-5-9-15-25)22-24-12-6-4-7-13-24;/h4-9,12-15,26H,3,10-11,16-23H2,1-2H3,(H2,28,29,30);1H. The minimum Gasteiger partial charge on any atom is -0.356 e. The molecule has 2 N–H and O–H groups in total. The molecule has 1 aliphatic heterocycles. The van der Waals surface area contributed by atoms with Gasteiger partial charge in [0, 0.05) is 52.2 Å². The number of nitrogens with one attached hydrogen (secondary N) is 2. The van der Waals surface area contributed by atoms with Crippen LogP contribution in [0.4, 0.5) is 0 Å². The highest BCUT2D eigenvalue weighted by atomic mass is 127. The van der Waals surface area contributed by atoms with E-state index in [1.165, 1.54) is 63.2 Å². The van der Waals surface area contributed by atoms with Crippen LogP contribution in [0.25, 0.3) is 0 Å². The number of likely N-dealkylation sites (N-methyl/N-ethyl adjacent to an activating group) is 1. The zero-order valence-corrected chi connectivity index (χ0v) is 22.7. The van der Waals surface area contributed by atoms with Gasteiger partial charge in [0.25, 0.3) is 0 Å². The minimum absolute atomic E-state index is 0. The van der Waals surface area contributed by atoms with Crippen molar-refractivity contribution in [2.75, 3.05) is 59.4 Å². The third-order valence-corrected chi connectivity index (χ3v) is 6.44. The second-order valence-corrected chi connectivity index (χ2v) is 8.66. The van der Waals surface area contributed by atoms with Crippen LogP contribution in [0, 0.1) is 0 Å². The average Bonchev–Trinajstić information content (AvgIpc) is 2.86. The van der Waals surface area contributed by atoms with Crippen LogP contribution < -0.4 is 10.6 Å². The molecule has 6 heteroatoms. The Balaban J connectivity index is 0.00000385. The van der Waals surface area contributed by atoms with Gasteiger partial charge in [0.05, 0.1) is 0 Å². The van der Waals surface area contributed by atoms with Crippen LogP contribution in [0.3, 0.4) is 0 Å². The van der Waals surface area contributed by atoms with Crippen molar-refractivity contribution >= 4 is 29.9 Å². The van der Waals surface area contributed by atoms with E-state index in [0.29, 0.717) is 5.92 Å². The third-order valence-electron chi connectivity index (χ3n) is 6.44. The van der Waals surface area contributed by atoms with Crippen molar-refractivity contribution in [3.63, 3.8) is 0 Å². The number of piperazine rings is 1. The molecule has 1 aliphatic rings. The Morgan fingerprint density at radius 2 is 1.52 bits per heavy atom. The summed E-state index contributed by atoms with van der Waals surface area (Å²) in [7, 11) is 1.86. The van der Waals surface area contributed by atoms with Gasteiger partial charge in [-0.1, -0.05) is 67.6 Å². The lowest BCUT2D eigenvalue weighted by Crippen LogP contribution is -2.46. The molecule has 0 aliphatic carbocycles. The van der Waals surface area contributed by atoms with Gasteiger partial charge in [0.2, 0.25) is 0 Å². The molecule has 0 spiro atoms. The fourth-order valence-electron chi connectivity index (χ4n) is 4.37. The SMILES string of the molecule is CCN1CCN(CCCCNC(=NC)NCC(Cc2ccccc2)c2ccccc2)CC1.I. The molecule has 1 heterocycles. The molecule has 1 atom stereocenters. The van der Waals surface area contributed by atoms with Gasteiger partial charge in [-0.05, 0) is 43.5 Å². The van der Waals surface area contributed by atoms with Gasteiger partial charge in [0.1, 0.15) is 0 Å². The molecule has 2 aromatic carbocycles. The minimum atomic E-state index is 0. The molecule has 0 aromatic heterocycles. The monoisotopic (exact) mass is 563 g/mol. The van der Waals surface area contributed by atoms with Crippen molar-refractivity contribution in [2.45, 2.75) is 32.1 Å². The lowest BCUT2D eigenvalue weighted by Gasteiger charge is -2.34. The Morgan fingerprint density at radius 3 is 2.15 bits per heavy atom. The van der Waals surface area contributed by atoms with Gasteiger partial charge < -0.3 is 20.4 Å². The first-order chi connectivity index (χ1) is 15.8. The van der Waals surface area contributed by atoms with Gasteiger partial charge in [-0.25, -0.2) is 0 Å². The lowest BCUT2D eigenvalue weighted by atomic mass is 9.92. The molecule has 33 heavy (non-hydrogen) atoms. The molecule has 0 bridgehead atoms. The third kappa shape index (κ3) is 10.0. The molecule has 2 aromatic rings. The van der Waals surface area contributed by atoms with Crippen LogP contribution >= 0.6 is 24.0 Å². The first kappa shape index (κ1) is 27.6. The van der Waals surface area contributed by atoms with Crippen molar-refractivity contribution < 1.29 is 0 Å². The molecular weight excluding hydrogens is 521 g/mol. The fourth-order valence-corrected chi connectivity index (χ4v) is 4.37. The highest BCUT2D eigenvalue weighted by Crippen LogP contribution is 2.20. The van der Waals surface area contributed by atoms with Crippen molar-refractivity contribution in [3.8, 4) is 0 Å². The largest absolute Gasteiger partial charge is 0.356 e. The predicted octanol–water partition coefficient (Wildman–Crippen LogP) is 4.21. The topological polar surface area (TPSA) is 42.9 Å². The number of halogens is 1. The Bertz CT molecular complexity index is 776. The number of rotatable bonds is 11. The van der Waals surface area contributed by atoms with Gasteiger partial charge >= 0.3 is 0 Å². The van der Waals surface area contributed by atoms with Crippen molar-refractivity contribution in [1.29, 1.82) is 0 Å². The number of hydrogen-bond acceptors (Lipinski definition) is 3. The molecule has 0 amide bonds. The summed E-state index contributed by atoms with van der Waals surface area (Å²) in [6.07, 6.45) is 3.41. The molecule has 1 unspecified atom stereocenters. The predicted molar refractivity (Wildman–Crippen MR) is 152 cm³/mol. The molecule has 1 fully saturated rings. The first-order valence-corrected chi connectivity index (χ1v) is 12.3. The Morgan fingerprint density at radius 1 is 0.879 bits per heavy atom. The summed E-state index contributed by atoms with van der Waals surface area (Å²) in [6, 6.07) is 21.5. The molecule has 0 radical (unpaired) electrons. The number of guanidine groups is 1. The van der Waals surface area contributed by atoms with E-state index >= 15 is 0 Å². The summed E-state index contributed by atoms with van der Waals surface area (Å²) in [5.74, 6) is 1.30. The molecule has 0 saturated carbocycles. The first-order valence-electron chi connectivity index (χ1n) is 12.3. The van der Waals surface area contributed by atoms with E-state index in [1.807, 2.05) is 7.05 Å². The van der Waals surface area contributed by atoms with Crippen LogP contribution in [-0.4, -0.2) is 75.2 Å². The van der Waals surface area contributed by atoms with Crippen LogP contribution in [-0.2, 0) is 6.42 Å². The zero-order valence-electron chi connectivity index (χ0n) is 20.4. The second-order valence-electron chi connectivity index (χ2n) is 8.66. The van der Waals surface area contributed by atoms with E-state index in [0.717, 1.165) is 25.5 Å². The smallest absolute Gasteiger partial charge is 0.190 e. The number of nitrogens with zero attached hydrogens (tertiary/aromatic N) is 3. The van der Waals surface area contributed by atoms with E-state index in [-0.39, 0.29) is 24.0 Å². The van der Waals surface area contributed by atoms with E-state index < -0.39 is 0 Å². The number of unbranched alkanes of at least 4 members (excludes halogenated alkanes) is 1. The van der Waals surface area contributed by atoms with Crippen molar-refractivity contribution in [3.05, 3.63) is 71.8 Å². The maximum absolute atomic E-state index is 4.44. The van der Waals surface area contributed by atoms with E-state index in [9.17, 15) is 0 Å². The van der Waals surface area contributed by atoms with Crippen molar-refractivity contribution in [2.24, 2.45) is 4.99 Å². The second kappa shape index (κ2) is 16.1.